The Balaban J connectivity index is 1.79. The van der Waals surface area contributed by atoms with Gasteiger partial charge in [0, 0.05) is 11.6 Å². The van der Waals surface area contributed by atoms with Gasteiger partial charge in [-0.25, -0.2) is 0 Å². The maximum atomic E-state index is 12.5. The molecule has 0 aliphatic rings. The zero-order valence-electron chi connectivity index (χ0n) is 12.9. The normalized spacial score (nSPS) is 10.2. The van der Waals surface area contributed by atoms with Crippen molar-refractivity contribution in [2.75, 3.05) is 5.32 Å². The molecule has 3 aromatic rings. The van der Waals surface area contributed by atoms with Crippen molar-refractivity contribution >= 4 is 45.4 Å². The molecular weight excluding hydrogens is 338 g/mol. The molecule has 0 radical (unpaired) electrons. The predicted molar refractivity (Wildman–Crippen MR) is 101 cm³/mol. The van der Waals surface area contributed by atoms with Gasteiger partial charge in [-0.2, -0.15) is 0 Å². The van der Waals surface area contributed by atoms with Crippen LogP contribution in [0.4, 0.5) is 11.4 Å². The SMILES string of the molecule is O=C(NC(=S)Nc1ccccc1[N+](=O)[O-])c1cccc2ccccc12. The Bertz CT molecular complexity index is 983. The Morgan fingerprint density at radius 2 is 1.64 bits per heavy atom. The van der Waals surface area contributed by atoms with Crippen LogP contribution in [-0.2, 0) is 0 Å². The molecule has 0 saturated carbocycles. The lowest BCUT2D eigenvalue weighted by Crippen LogP contribution is -2.34. The van der Waals surface area contributed by atoms with Gasteiger partial charge in [-0.3, -0.25) is 20.2 Å². The number of fused-ring (bicyclic) bond motifs is 1. The summed E-state index contributed by atoms with van der Waals surface area (Å²) >= 11 is 5.12. The molecule has 6 nitrogen and oxygen atoms in total. The lowest BCUT2D eigenvalue weighted by molar-refractivity contribution is -0.383. The number of nitro benzene ring substituents is 1. The molecule has 3 rings (SSSR count). The number of nitrogens with one attached hydrogen (secondary N) is 2. The Morgan fingerprint density at radius 3 is 2.44 bits per heavy atom. The summed E-state index contributed by atoms with van der Waals surface area (Å²) in [5, 5.41) is 18.0. The molecule has 0 spiro atoms. The van der Waals surface area contributed by atoms with Crippen molar-refractivity contribution in [1.82, 2.24) is 5.32 Å². The summed E-state index contributed by atoms with van der Waals surface area (Å²) in [5.41, 5.74) is 0.574. The quantitative estimate of drug-likeness (QED) is 0.425. The maximum absolute atomic E-state index is 12.5. The lowest BCUT2D eigenvalue weighted by atomic mass is 10.0. The number of amides is 1. The predicted octanol–water partition coefficient (Wildman–Crippen LogP) is 3.87. The van der Waals surface area contributed by atoms with Crippen LogP contribution in [0.15, 0.2) is 66.7 Å². The molecule has 0 atom stereocenters. The van der Waals surface area contributed by atoms with E-state index in [-0.39, 0.29) is 22.4 Å². The second-order valence-corrected chi connectivity index (χ2v) is 5.62. The van der Waals surface area contributed by atoms with Gasteiger partial charge in [0.25, 0.3) is 11.6 Å². The second kappa shape index (κ2) is 7.06. The van der Waals surface area contributed by atoms with Crippen LogP contribution < -0.4 is 10.6 Å². The molecule has 0 aromatic heterocycles. The third-order valence-corrected chi connectivity index (χ3v) is 3.81. The van der Waals surface area contributed by atoms with Gasteiger partial charge in [-0.15, -0.1) is 0 Å². The van der Waals surface area contributed by atoms with Crippen molar-refractivity contribution < 1.29 is 9.72 Å². The van der Waals surface area contributed by atoms with Crippen molar-refractivity contribution in [3.05, 3.63) is 82.4 Å². The van der Waals surface area contributed by atoms with E-state index in [1.807, 2.05) is 30.3 Å². The van der Waals surface area contributed by atoms with Gasteiger partial charge in [-0.05, 0) is 35.1 Å². The first-order valence-corrected chi connectivity index (χ1v) is 7.80. The number of anilines is 1. The molecule has 3 aromatic carbocycles. The number of para-hydroxylation sites is 2. The second-order valence-electron chi connectivity index (χ2n) is 5.21. The first-order valence-electron chi connectivity index (χ1n) is 7.40. The van der Waals surface area contributed by atoms with Gasteiger partial charge >= 0.3 is 0 Å². The van der Waals surface area contributed by atoms with Crippen molar-refractivity contribution in [2.45, 2.75) is 0 Å². The Morgan fingerprint density at radius 1 is 0.960 bits per heavy atom. The third kappa shape index (κ3) is 3.61. The molecule has 0 aliphatic heterocycles. The fraction of sp³-hybridized carbons (Fsp3) is 0. The number of nitrogens with zero attached hydrogens (tertiary/aromatic N) is 1. The minimum Gasteiger partial charge on any atom is -0.327 e. The van der Waals surface area contributed by atoms with Crippen molar-refractivity contribution in [3.63, 3.8) is 0 Å². The molecule has 124 valence electrons. The largest absolute Gasteiger partial charge is 0.327 e. The summed E-state index contributed by atoms with van der Waals surface area (Å²) in [5.74, 6) is -0.382. The van der Waals surface area contributed by atoms with Gasteiger partial charge in [-0.1, -0.05) is 48.5 Å². The van der Waals surface area contributed by atoms with E-state index in [1.165, 1.54) is 12.1 Å². The monoisotopic (exact) mass is 351 g/mol. The van der Waals surface area contributed by atoms with Crippen LogP contribution in [0, 0.1) is 10.1 Å². The molecule has 0 bridgehead atoms. The zero-order valence-corrected chi connectivity index (χ0v) is 13.7. The summed E-state index contributed by atoms with van der Waals surface area (Å²) in [6.07, 6.45) is 0. The number of benzene rings is 3. The highest BCUT2D eigenvalue weighted by Gasteiger charge is 2.15. The first kappa shape index (κ1) is 16.5. The summed E-state index contributed by atoms with van der Waals surface area (Å²) in [6, 6.07) is 19.0. The van der Waals surface area contributed by atoms with E-state index < -0.39 is 4.92 Å². The van der Waals surface area contributed by atoms with E-state index in [4.69, 9.17) is 12.2 Å². The highest BCUT2D eigenvalue weighted by Crippen LogP contribution is 2.23. The van der Waals surface area contributed by atoms with Gasteiger partial charge < -0.3 is 5.32 Å². The standard InChI is InChI=1S/C18H13N3O3S/c22-17(14-9-5-7-12-6-1-2-8-13(12)14)20-18(25)19-15-10-3-4-11-16(15)21(23)24/h1-11H,(H2,19,20,22,25). The summed E-state index contributed by atoms with van der Waals surface area (Å²) in [4.78, 5) is 23.0. The number of thiocarbonyl (C=S) groups is 1. The molecule has 0 fully saturated rings. The number of carbonyl (C=O) groups is 1. The van der Waals surface area contributed by atoms with E-state index in [1.54, 1.807) is 24.3 Å². The number of nitro groups is 1. The molecule has 0 heterocycles. The van der Waals surface area contributed by atoms with E-state index in [0.717, 1.165) is 10.8 Å². The van der Waals surface area contributed by atoms with Crippen LogP contribution >= 0.6 is 12.2 Å². The average Bonchev–Trinajstić information content (AvgIpc) is 2.61. The fourth-order valence-corrected chi connectivity index (χ4v) is 2.69. The number of carbonyl (C=O) groups excluding carboxylic acids is 1. The minimum absolute atomic E-state index is 0.00719. The van der Waals surface area contributed by atoms with Crippen LogP contribution in [0.5, 0.6) is 0 Å². The number of rotatable bonds is 3. The van der Waals surface area contributed by atoms with Crippen molar-refractivity contribution in [3.8, 4) is 0 Å². The summed E-state index contributed by atoms with van der Waals surface area (Å²) < 4.78 is 0. The highest BCUT2D eigenvalue weighted by atomic mass is 32.1. The van der Waals surface area contributed by atoms with Gasteiger partial charge in [0.05, 0.1) is 4.92 Å². The van der Waals surface area contributed by atoms with Crippen LogP contribution in [0.25, 0.3) is 10.8 Å². The molecule has 1 amide bonds. The molecular formula is C18H13N3O3S. The average molecular weight is 351 g/mol. The molecule has 0 aliphatic carbocycles. The fourth-order valence-electron chi connectivity index (χ4n) is 2.49. The summed E-state index contributed by atoms with van der Waals surface area (Å²) in [7, 11) is 0. The third-order valence-electron chi connectivity index (χ3n) is 3.61. The van der Waals surface area contributed by atoms with Crippen molar-refractivity contribution in [2.24, 2.45) is 0 Å². The molecule has 0 unspecified atom stereocenters. The Labute approximate surface area is 148 Å². The minimum atomic E-state index is -0.516. The van der Waals surface area contributed by atoms with E-state index in [0.29, 0.717) is 5.56 Å². The first-order chi connectivity index (χ1) is 12.1. The highest BCUT2D eigenvalue weighted by molar-refractivity contribution is 7.80. The zero-order chi connectivity index (χ0) is 17.8. The Hall–Kier alpha value is -3.32. The van der Waals surface area contributed by atoms with Crippen LogP contribution in [-0.4, -0.2) is 15.9 Å². The van der Waals surface area contributed by atoms with Crippen LogP contribution in [0.1, 0.15) is 10.4 Å². The van der Waals surface area contributed by atoms with Crippen molar-refractivity contribution in [1.29, 1.82) is 0 Å². The number of hydrogen-bond donors (Lipinski definition) is 2. The van der Waals surface area contributed by atoms with Gasteiger partial charge in [0.2, 0.25) is 0 Å². The molecule has 2 N–H and O–H groups in total. The topological polar surface area (TPSA) is 84.3 Å². The Kier molecular flexibility index (Phi) is 4.67. The maximum Gasteiger partial charge on any atom is 0.292 e. The summed E-state index contributed by atoms with van der Waals surface area (Å²) in [6.45, 7) is 0. The van der Waals surface area contributed by atoms with Crippen LogP contribution in [0.2, 0.25) is 0 Å². The molecule has 0 saturated heterocycles. The molecule has 25 heavy (non-hydrogen) atoms. The van der Waals surface area contributed by atoms with Crippen LogP contribution in [0.3, 0.4) is 0 Å². The van der Waals surface area contributed by atoms with E-state index in [9.17, 15) is 14.9 Å². The van der Waals surface area contributed by atoms with Gasteiger partial charge in [0.15, 0.2) is 5.11 Å². The van der Waals surface area contributed by atoms with E-state index >= 15 is 0 Å². The molecule has 7 heteroatoms. The number of hydrogen-bond acceptors (Lipinski definition) is 4. The van der Waals surface area contributed by atoms with Gasteiger partial charge in [0.1, 0.15) is 5.69 Å². The van der Waals surface area contributed by atoms with E-state index in [2.05, 4.69) is 10.6 Å². The lowest BCUT2D eigenvalue weighted by Gasteiger charge is -2.11. The smallest absolute Gasteiger partial charge is 0.292 e.